The quantitative estimate of drug-likeness (QED) is 0.370. The highest BCUT2D eigenvalue weighted by atomic mass is 35.5. The van der Waals surface area contributed by atoms with Gasteiger partial charge in [-0.25, -0.2) is 0 Å². The molecule has 1 aliphatic heterocycles. The van der Waals surface area contributed by atoms with E-state index in [-0.39, 0.29) is 34.9 Å². The van der Waals surface area contributed by atoms with Crippen molar-refractivity contribution in [2.45, 2.75) is 66.2 Å². The Morgan fingerprint density at radius 1 is 0.902 bits per heavy atom. The molecule has 41 heavy (non-hydrogen) atoms. The van der Waals surface area contributed by atoms with E-state index < -0.39 is 5.92 Å². The number of ether oxygens (including phenoxy) is 1. The molecule has 5 rings (SSSR count). The summed E-state index contributed by atoms with van der Waals surface area (Å²) in [4.78, 5) is 42.2. The second-order valence-corrected chi connectivity index (χ2v) is 13.7. The fourth-order valence-electron chi connectivity index (χ4n) is 6.45. The van der Waals surface area contributed by atoms with Crippen LogP contribution in [0.2, 0.25) is 10.0 Å². The minimum absolute atomic E-state index is 0.0826. The van der Waals surface area contributed by atoms with Crippen molar-refractivity contribution in [3.8, 4) is 5.75 Å². The van der Waals surface area contributed by atoms with Gasteiger partial charge in [0.15, 0.2) is 18.2 Å². The van der Waals surface area contributed by atoms with E-state index >= 15 is 0 Å². The van der Waals surface area contributed by atoms with Gasteiger partial charge in [0, 0.05) is 58.6 Å². The van der Waals surface area contributed by atoms with Crippen LogP contribution in [0.25, 0.3) is 0 Å². The van der Waals surface area contributed by atoms with Crippen LogP contribution in [0.3, 0.4) is 0 Å². The molecule has 1 N–H and O–H groups in total. The Labute approximate surface area is 251 Å². The number of carbonyl (C=O) groups is 3. The van der Waals surface area contributed by atoms with Crippen LogP contribution in [0.15, 0.2) is 65.0 Å². The van der Waals surface area contributed by atoms with E-state index in [1.54, 1.807) is 36.4 Å². The lowest BCUT2D eigenvalue weighted by Crippen LogP contribution is -2.44. The minimum atomic E-state index is -0.477. The molecule has 2 aromatic carbocycles. The van der Waals surface area contributed by atoms with Gasteiger partial charge >= 0.3 is 0 Å². The minimum Gasteiger partial charge on any atom is -0.482 e. The van der Waals surface area contributed by atoms with Crippen molar-refractivity contribution in [3.63, 3.8) is 0 Å². The van der Waals surface area contributed by atoms with Crippen LogP contribution < -0.4 is 10.1 Å². The molecule has 1 amide bonds. The Morgan fingerprint density at radius 3 is 1.98 bits per heavy atom. The second-order valence-electron chi connectivity index (χ2n) is 12.8. The topological polar surface area (TPSA) is 75.7 Å². The van der Waals surface area contributed by atoms with Gasteiger partial charge in [-0.3, -0.25) is 14.4 Å². The van der Waals surface area contributed by atoms with Gasteiger partial charge < -0.3 is 15.0 Å². The Balaban J connectivity index is 1.48. The molecule has 0 atom stereocenters. The molecular weight excluding hydrogens is 559 g/mol. The third-order valence-electron chi connectivity index (χ3n) is 8.11. The van der Waals surface area contributed by atoms with E-state index in [0.717, 1.165) is 29.8 Å². The summed E-state index contributed by atoms with van der Waals surface area (Å²) in [5, 5.41) is 3.65. The van der Waals surface area contributed by atoms with Crippen LogP contribution in [0.5, 0.6) is 5.75 Å². The first-order chi connectivity index (χ1) is 19.3. The SMILES string of the molecule is CCN1C2=C(C(=O)CC(C)(C)C2)C(c2ccc(OCC(=O)Nc3ccc(Cl)cc3)c(Cl)c2)C2=C1CC(C)(C)CC2=O. The van der Waals surface area contributed by atoms with E-state index in [1.807, 2.05) is 6.07 Å². The molecule has 0 saturated carbocycles. The monoisotopic (exact) mass is 594 g/mol. The summed E-state index contributed by atoms with van der Waals surface area (Å²) in [6.07, 6.45) is 2.39. The van der Waals surface area contributed by atoms with E-state index in [0.29, 0.717) is 52.0 Å². The molecule has 0 bridgehead atoms. The van der Waals surface area contributed by atoms with Crippen molar-refractivity contribution < 1.29 is 19.1 Å². The first-order valence-electron chi connectivity index (χ1n) is 14.1. The zero-order valence-corrected chi connectivity index (χ0v) is 25.7. The number of halogens is 2. The van der Waals surface area contributed by atoms with Gasteiger partial charge in [-0.05, 0) is 72.6 Å². The molecule has 0 spiro atoms. The summed E-state index contributed by atoms with van der Waals surface area (Å²) in [5.74, 6) is -0.300. The number of allylic oxidation sites excluding steroid dienone is 4. The number of amides is 1. The van der Waals surface area contributed by atoms with Gasteiger partial charge in [-0.15, -0.1) is 0 Å². The molecular formula is C33H36Cl2N2O4. The van der Waals surface area contributed by atoms with Crippen molar-refractivity contribution in [1.29, 1.82) is 0 Å². The number of carbonyl (C=O) groups excluding carboxylic acids is 3. The Hall–Kier alpha value is -3.09. The van der Waals surface area contributed by atoms with E-state index in [9.17, 15) is 14.4 Å². The van der Waals surface area contributed by atoms with Crippen molar-refractivity contribution in [3.05, 3.63) is 80.6 Å². The third kappa shape index (κ3) is 5.96. The maximum absolute atomic E-state index is 13.8. The first-order valence-corrected chi connectivity index (χ1v) is 14.8. The first kappa shape index (κ1) is 29.4. The second kappa shape index (κ2) is 11.0. The number of benzene rings is 2. The highest BCUT2D eigenvalue weighted by molar-refractivity contribution is 6.32. The van der Waals surface area contributed by atoms with E-state index in [1.165, 1.54) is 0 Å². The maximum atomic E-state index is 13.8. The molecule has 1 heterocycles. The van der Waals surface area contributed by atoms with Gasteiger partial charge in [0.25, 0.3) is 5.91 Å². The number of rotatable bonds is 6. The molecule has 8 heteroatoms. The molecule has 0 unspecified atom stereocenters. The van der Waals surface area contributed by atoms with Crippen LogP contribution in [0.4, 0.5) is 5.69 Å². The number of nitrogens with one attached hydrogen (secondary N) is 1. The third-order valence-corrected chi connectivity index (χ3v) is 8.66. The molecule has 2 aliphatic carbocycles. The lowest BCUT2D eigenvalue weighted by atomic mass is 9.63. The normalized spacial score (nSPS) is 20.1. The summed E-state index contributed by atoms with van der Waals surface area (Å²) >= 11 is 12.6. The highest BCUT2D eigenvalue weighted by Gasteiger charge is 2.48. The van der Waals surface area contributed by atoms with Crippen LogP contribution >= 0.6 is 23.2 Å². The lowest BCUT2D eigenvalue weighted by Gasteiger charge is -2.48. The molecule has 0 aromatic heterocycles. The summed E-state index contributed by atoms with van der Waals surface area (Å²) < 4.78 is 5.75. The van der Waals surface area contributed by atoms with Crippen LogP contribution in [0.1, 0.15) is 71.8 Å². The highest BCUT2D eigenvalue weighted by Crippen LogP contribution is 2.54. The largest absolute Gasteiger partial charge is 0.482 e. The molecule has 0 radical (unpaired) electrons. The summed E-state index contributed by atoms with van der Waals surface area (Å²) in [6.45, 7) is 11.1. The van der Waals surface area contributed by atoms with Gasteiger partial charge in [0.2, 0.25) is 0 Å². The Morgan fingerprint density at radius 2 is 1.46 bits per heavy atom. The zero-order chi connectivity index (χ0) is 29.7. The van der Waals surface area contributed by atoms with Crippen LogP contribution in [-0.4, -0.2) is 35.5 Å². The Kier molecular flexibility index (Phi) is 7.86. The summed E-state index contributed by atoms with van der Waals surface area (Å²) in [7, 11) is 0. The predicted molar refractivity (Wildman–Crippen MR) is 162 cm³/mol. The number of hydrogen-bond donors (Lipinski definition) is 1. The average molecular weight is 596 g/mol. The number of ketones is 2. The van der Waals surface area contributed by atoms with Crippen molar-refractivity contribution in [2.75, 3.05) is 18.5 Å². The smallest absolute Gasteiger partial charge is 0.262 e. The molecule has 216 valence electrons. The average Bonchev–Trinajstić information content (AvgIpc) is 2.87. The van der Waals surface area contributed by atoms with Gasteiger partial charge in [-0.2, -0.15) is 0 Å². The van der Waals surface area contributed by atoms with Crippen molar-refractivity contribution in [1.82, 2.24) is 4.90 Å². The Bertz CT molecular complexity index is 1430. The predicted octanol–water partition coefficient (Wildman–Crippen LogP) is 7.72. The van der Waals surface area contributed by atoms with Crippen LogP contribution in [-0.2, 0) is 14.4 Å². The molecule has 3 aliphatic rings. The van der Waals surface area contributed by atoms with E-state index in [2.05, 4.69) is 44.8 Å². The van der Waals surface area contributed by atoms with Gasteiger partial charge in [0.1, 0.15) is 5.75 Å². The zero-order valence-electron chi connectivity index (χ0n) is 24.2. The standard InChI is InChI=1S/C33H36Cl2N2O4/c1-6-37-23-14-32(2,3)16-25(38)30(23)29(31-24(37)15-33(4,5)17-26(31)39)19-7-12-27(22(35)13-19)41-18-28(40)36-21-10-8-20(34)9-11-21/h7-13,29H,6,14-18H2,1-5H3,(H,36,40). The van der Waals surface area contributed by atoms with Crippen LogP contribution in [0, 0.1) is 10.8 Å². The fourth-order valence-corrected chi connectivity index (χ4v) is 6.82. The van der Waals surface area contributed by atoms with Gasteiger partial charge in [-0.1, -0.05) is 57.0 Å². The number of Topliss-reactive ketones (excluding diaryl/α,β-unsaturated/α-hetero) is 2. The van der Waals surface area contributed by atoms with Crippen molar-refractivity contribution >= 4 is 46.4 Å². The van der Waals surface area contributed by atoms with E-state index in [4.69, 9.17) is 27.9 Å². The number of hydrogen-bond acceptors (Lipinski definition) is 5. The molecule has 0 fully saturated rings. The molecule has 6 nitrogen and oxygen atoms in total. The molecule has 2 aromatic rings. The number of nitrogens with zero attached hydrogens (tertiary/aromatic N) is 1. The maximum Gasteiger partial charge on any atom is 0.262 e. The molecule has 0 saturated heterocycles. The summed E-state index contributed by atoms with van der Waals surface area (Å²) in [5.41, 5.74) is 4.54. The van der Waals surface area contributed by atoms with Crippen molar-refractivity contribution in [2.24, 2.45) is 10.8 Å². The fraction of sp³-hybridized carbons (Fsp3) is 0.424. The van der Waals surface area contributed by atoms with Gasteiger partial charge in [0.05, 0.1) is 5.02 Å². The lowest BCUT2D eigenvalue weighted by molar-refractivity contribution is -0.120. The number of anilines is 1. The summed E-state index contributed by atoms with van der Waals surface area (Å²) in [6, 6.07) is 12.1.